The van der Waals surface area contributed by atoms with Gasteiger partial charge in [0.15, 0.2) is 0 Å². The quantitative estimate of drug-likeness (QED) is 0.814. The fourth-order valence-corrected chi connectivity index (χ4v) is 3.23. The first kappa shape index (κ1) is 18.0. The second-order valence-electron chi connectivity index (χ2n) is 7.61. The number of nitrogens with zero attached hydrogens (tertiary/aromatic N) is 1. The molecule has 128 valence electrons. The number of hydrogen-bond acceptors (Lipinski definition) is 3. The molecule has 1 saturated carbocycles. The number of ether oxygens (including phenoxy) is 1. The van der Waals surface area contributed by atoms with E-state index in [1.54, 1.807) is 7.11 Å². The van der Waals surface area contributed by atoms with Crippen LogP contribution in [0.15, 0.2) is 17.1 Å². The highest BCUT2D eigenvalue weighted by molar-refractivity contribution is 5.85. The van der Waals surface area contributed by atoms with Gasteiger partial charge in [-0.25, -0.2) is 0 Å². The average Bonchev–Trinajstić information content (AvgIpc) is 2.53. The minimum absolute atomic E-state index is 0.113. The van der Waals surface area contributed by atoms with Crippen LogP contribution in [0.4, 0.5) is 0 Å². The molecular formula is C20H32N2O. The maximum atomic E-state index is 5.71. The third-order valence-electron chi connectivity index (χ3n) is 4.63. The molecule has 1 aromatic rings. The van der Waals surface area contributed by atoms with Crippen LogP contribution < -0.4 is 10.1 Å². The molecule has 0 heterocycles. The molecule has 2 rings (SSSR count). The number of hydrogen-bond donors (Lipinski definition) is 1. The van der Waals surface area contributed by atoms with E-state index in [-0.39, 0.29) is 5.41 Å². The van der Waals surface area contributed by atoms with Crippen LogP contribution in [0, 0.1) is 0 Å². The maximum Gasteiger partial charge on any atom is 0.132 e. The Labute approximate surface area is 141 Å². The van der Waals surface area contributed by atoms with E-state index in [4.69, 9.17) is 9.73 Å². The van der Waals surface area contributed by atoms with Gasteiger partial charge in [-0.2, -0.15) is 0 Å². The van der Waals surface area contributed by atoms with E-state index in [2.05, 4.69) is 38.2 Å². The van der Waals surface area contributed by atoms with Crippen molar-refractivity contribution in [2.75, 3.05) is 14.2 Å². The van der Waals surface area contributed by atoms with Gasteiger partial charge in [-0.3, -0.25) is 4.99 Å². The zero-order valence-corrected chi connectivity index (χ0v) is 15.4. The summed E-state index contributed by atoms with van der Waals surface area (Å²) < 4.78 is 5.71. The summed E-state index contributed by atoms with van der Waals surface area (Å²) >= 11 is 0. The van der Waals surface area contributed by atoms with E-state index in [0.29, 0.717) is 6.04 Å². The molecule has 3 nitrogen and oxygen atoms in total. The molecule has 0 atom stereocenters. The van der Waals surface area contributed by atoms with E-state index in [9.17, 15) is 0 Å². The smallest absolute Gasteiger partial charge is 0.132 e. The molecule has 1 fully saturated rings. The molecule has 0 amide bonds. The summed E-state index contributed by atoms with van der Waals surface area (Å²) in [4.78, 5) is 4.86. The highest BCUT2D eigenvalue weighted by Gasteiger charge is 2.19. The van der Waals surface area contributed by atoms with Crippen molar-refractivity contribution in [1.29, 1.82) is 0 Å². The lowest BCUT2D eigenvalue weighted by molar-refractivity contribution is 0.407. The summed E-state index contributed by atoms with van der Waals surface area (Å²) in [6.07, 6.45) is 8.48. The summed E-state index contributed by atoms with van der Waals surface area (Å²) in [5, 5.41) is 3.25. The Morgan fingerprint density at radius 1 is 1.22 bits per heavy atom. The Morgan fingerprint density at radius 2 is 1.91 bits per heavy atom. The number of rotatable bonds is 5. The number of benzene rings is 1. The van der Waals surface area contributed by atoms with E-state index in [1.807, 2.05) is 13.3 Å². The molecule has 0 aliphatic heterocycles. The Hall–Kier alpha value is -1.35. The minimum Gasteiger partial charge on any atom is -0.496 e. The summed E-state index contributed by atoms with van der Waals surface area (Å²) in [7, 11) is 3.72. The molecule has 3 heteroatoms. The molecular weight excluding hydrogens is 284 g/mol. The van der Waals surface area contributed by atoms with Crippen molar-refractivity contribution in [2.24, 2.45) is 4.99 Å². The largest absolute Gasteiger partial charge is 0.496 e. The van der Waals surface area contributed by atoms with Gasteiger partial charge < -0.3 is 10.1 Å². The zero-order chi connectivity index (χ0) is 16.9. The summed E-state index contributed by atoms with van der Waals surface area (Å²) in [5.41, 5.74) is 3.75. The molecule has 1 aliphatic rings. The standard InChI is InChI=1S/C20H32N2O/c1-20(2,3)17-11-15(13-21-4)19(23-5)16(12-17)14-22-18-9-7-6-8-10-18/h11-12,14,18,21H,6-10,13H2,1-5H3. The summed E-state index contributed by atoms with van der Waals surface area (Å²) in [5.74, 6) is 0.951. The van der Waals surface area contributed by atoms with Crippen LogP contribution in [0.3, 0.4) is 0 Å². The first-order valence-corrected chi connectivity index (χ1v) is 8.85. The van der Waals surface area contributed by atoms with Crippen molar-refractivity contribution in [1.82, 2.24) is 5.32 Å². The second-order valence-corrected chi connectivity index (χ2v) is 7.61. The fourth-order valence-electron chi connectivity index (χ4n) is 3.23. The van der Waals surface area contributed by atoms with E-state index in [1.165, 1.54) is 43.2 Å². The van der Waals surface area contributed by atoms with Gasteiger partial charge in [-0.15, -0.1) is 0 Å². The Balaban J connectivity index is 2.37. The van der Waals surface area contributed by atoms with Gasteiger partial charge in [-0.05, 0) is 36.9 Å². The Kier molecular flexibility index (Phi) is 6.23. The van der Waals surface area contributed by atoms with Crippen molar-refractivity contribution in [3.63, 3.8) is 0 Å². The van der Waals surface area contributed by atoms with Gasteiger partial charge in [0, 0.05) is 29.9 Å². The third kappa shape index (κ3) is 4.81. The van der Waals surface area contributed by atoms with Crippen LogP contribution >= 0.6 is 0 Å². The minimum atomic E-state index is 0.113. The van der Waals surface area contributed by atoms with Crippen molar-refractivity contribution in [2.45, 2.75) is 70.9 Å². The number of nitrogens with one attached hydrogen (secondary N) is 1. The van der Waals surface area contributed by atoms with E-state index >= 15 is 0 Å². The van der Waals surface area contributed by atoms with Crippen molar-refractivity contribution in [3.8, 4) is 5.75 Å². The van der Waals surface area contributed by atoms with Crippen LogP contribution in [-0.4, -0.2) is 26.4 Å². The van der Waals surface area contributed by atoms with Gasteiger partial charge in [0.1, 0.15) is 5.75 Å². The molecule has 0 radical (unpaired) electrons. The van der Waals surface area contributed by atoms with Crippen LogP contribution in [-0.2, 0) is 12.0 Å². The second kappa shape index (κ2) is 7.96. The van der Waals surface area contributed by atoms with Crippen LogP contribution in [0.5, 0.6) is 5.75 Å². The lowest BCUT2D eigenvalue weighted by Crippen LogP contribution is -2.15. The van der Waals surface area contributed by atoms with E-state index in [0.717, 1.165) is 17.9 Å². The monoisotopic (exact) mass is 316 g/mol. The zero-order valence-electron chi connectivity index (χ0n) is 15.4. The third-order valence-corrected chi connectivity index (χ3v) is 4.63. The molecule has 1 aliphatic carbocycles. The number of aliphatic imine (C=N–C) groups is 1. The van der Waals surface area contributed by atoms with Gasteiger partial charge in [0.25, 0.3) is 0 Å². The predicted molar refractivity (Wildman–Crippen MR) is 98.9 cm³/mol. The topological polar surface area (TPSA) is 33.6 Å². The SMILES string of the molecule is CNCc1cc(C(C)(C)C)cc(C=NC2CCCCC2)c1OC. The maximum absolute atomic E-state index is 5.71. The first-order valence-electron chi connectivity index (χ1n) is 8.85. The van der Waals surface area contributed by atoms with Gasteiger partial charge in [-0.1, -0.05) is 46.1 Å². The van der Waals surface area contributed by atoms with Crippen molar-refractivity contribution >= 4 is 6.21 Å². The fraction of sp³-hybridized carbons (Fsp3) is 0.650. The molecule has 23 heavy (non-hydrogen) atoms. The van der Waals surface area contributed by atoms with E-state index < -0.39 is 0 Å². The van der Waals surface area contributed by atoms with Crippen LogP contribution in [0.2, 0.25) is 0 Å². The first-order chi connectivity index (χ1) is 11.0. The summed E-state index contributed by atoms with van der Waals surface area (Å²) in [6, 6.07) is 4.98. The highest BCUT2D eigenvalue weighted by Crippen LogP contribution is 2.31. The molecule has 0 bridgehead atoms. The molecule has 0 saturated heterocycles. The molecule has 0 spiro atoms. The van der Waals surface area contributed by atoms with Gasteiger partial charge >= 0.3 is 0 Å². The van der Waals surface area contributed by atoms with Gasteiger partial charge in [0.05, 0.1) is 7.11 Å². The Morgan fingerprint density at radius 3 is 2.48 bits per heavy atom. The summed E-state index contributed by atoms with van der Waals surface area (Å²) in [6.45, 7) is 7.55. The molecule has 0 aromatic heterocycles. The molecule has 1 N–H and O–H groups in total. The average molecular weight is 316 g/mol. The Bertz CT molecular complexity index is 537. The lowest BCUT2D eigenvalue weighted by atomic mass is 9.84. The molecule has 0 unspecified atom stereocenters. The normalized spacial score (nSPS) is 16.9. The molecule has 1 aromatic carbocycles. The van der Waals surface area contributed by atoms with Gasteiger partial charge in [0.2, 0.25) is 0 Å². The predicted octanol–water partition coefficient (Wildman–Crippen LogP) is 4.46. The van der Waals surface area contributed by atoms with Crippen molar-refractivity contribution < 1.29 is 4.74 Å². The van der Waals surface area contributed by atoms with Crippen LogP contribution in [0.1, 0.15) is 69.6 Å². The number of methoxy groups -OCH3 is 1. The van der Waals surface area contributed by atoms with Crippen molar-refractivity contribution in [3.05, 3.63) is 28.8 Å². The lowest BCUT2D eigenvalue weighted by Gasteiger charge is -2.23. The van der Waals surface area contributed by atoms with Crippen LogP contribution in [0.25, 0.3) is 0 Å². The highest BCUT2D eigenvalue weighted by atomic mass is 16.5.